The van der Waals surface area contributed by atoms with Crippen molar-refractivity contribution in [1.82, 2.24) is 19.7 Å². The zero-order chi connectivity index (χ0) is 17.3. The van der Waals surface area contributed by atoms with E-state index in [-0.39, 0.29) is 0 Å². The van der Waals surface area contributed by atoms with Crippen molar-refractivity contribution >= 4 is 16.7 Å². The fourth-order valence-corrected chi connectivity index (χ4v) is 3.13. The van der Waals surface area contributed by atoms with Crippen LogP contribution < -0.4 is 5.32 Å². The number of anilines is 1. The second-order valence-electron chi connectivity index (χ2n) is 6.76. The van der Waals surface area contributed by atoms with Crippen molar-refractivity contribution in [2.75, 3.05) is 5.32 Å². The van der Waals surface area contributed by atoms with Crippen molar-refractivity contribution in [2.24, 2.45) is 0 Å². The number of benzene rings is 2. The largest absolute Gasteiger partial charge is 0.367 e. The minimum atomic E-state index is 0.524. The van der Waals surface area contributed by atoms with E-state index in [0.29, 0.717) is 12.0 Å². The minimum absolute atomic E-state index is 0.524. The average Bonchev–Trinajstić information content (AvgIpc) is 3.31. The number of rotatable bonds is 5. The maximum absolute atomic E-state index is 4.75. The molecule has 1 aliphatic rings. The first-order valence-corrected chi connectivity index (χ1v) is 8.96. The Labute approximate surface area is 151 Å². The van der Waals surface area contributed by atoms with Gasteiger partial charge in [-0.05, 0) is 48.6 Å². The second-order valence-corrected chi connectivity index (χ2v) is 6.76. The van der Waals surface area contributed by atoms with Crippen LogP contribution in [-0.2, 0) is 6.42 Å². The number of hydrogen-bond acceptors (Lipinski definition) is 4. The molecule has 26 heavy (non-hydrogen) atoms. The SMILES string of the molecule is c1ccc(Cc2ccc3nc(-n4cccn4)nc(NC4CC4)c3c2)cc1. The molecule has 5 rings (SSSR count). The van der Waals surface area contributed by atoms with Crippen LogP contribution in [0.15, 0.2) is 67.0 Å². The highest BCUT2D eigenvalue weighted by molar-refractivity contribution is 5.90. The fraction of sp³-hybridized carbons (Fsp3) is 0.190. The Kier molecular flexibility index (Phi) is 3.63. The normalized spacial score (nSPS) is 13.8. The molecule has 0 atom stereocenters. The summed E-state index contributed by atoms with van der Waals surface area (Å²) in [5.41, 5.74) is 3.50. The topological polar surface area (TPSA) is 55.6 Å². The third-order valence-electron chi connectivity index (χ3n) is 4.63. The molecule has 0 spiro atoms. The Hall–Kier alpha value is -3.21. The van der Waals surface area contributed by atoms with Crippen LogP contribution in [0.5, 0.6) is 0 Å². The van der Waals surface area contributed by atoms with E-state index >= 15 is 0 Å². The molecule has 2 aromatic heterocycles. The maximum Gasteiger partial charge on any atom is 0.253 e. The molecule has 1 aliphatic carbocycles. The van der Waals surface area contributed by atoms with Gasteiger partial charge >= 0.3 is 0 Å². The summed E-state index contributed by atoms with van der Waals surface area (Å²) in [5.74, 6) is 1.50. The van der Waals surface area contributed by atoms with Crippen LogP contribution in [0.2, 0.25) is 0 Å². The summed E-state index contributed by atoms with van der Waals surface area (Å²) >= 11 is 0. The van der Waals surface area contributed by atoms with E-state index in [1.807, 2.05) is 18.3 Å². The summed E-state index contributed by atoms with van der Waals surface area (Å²) in [6.07, 6.45) is 6.91. The van der Waals surface area contributed by atoms with Gasteiger partial charge in [-0.15, -0.1) is 0 Å². The molecular formula is C21H19N5. The lowest BCUT2D eigenvalue weighted by molar-refractivity contribution is 0.815. The zero-order valence-corrected chi connectivity index (χ0v) is 14.3. The van der Waals surface area contributed by atoms with Crippen molar-refractivity contribution in [2.45, 2.75) is 25.3 Å². The number of nitrogens with one attached hydrogen (secondary N) is 1. The Bertz CT molecular complexity index is 1040. The highest BCUT2D eigenvalue weighted by Crippen LogP contribution is 2.29. The number of aromatic nitrogens is 4. The third-order valence-corrected chi connectivity index (χ3v) is 4.63. The Morgan fingerprint density at radius 3 is 2.62 bits per heavy atom. The molecular weight excluding hydrogens is 322 g/mol. The number of fused-ring (bicyclic) bond motifs is 1. The first-order valence-electron chi connectivity index (χ1n) is 8.96. The fourth-order valence-electron chi connectivity index (χ4n) is 3.13. The number of nitrogens with zero attached hydrogens (tertiary/aromatic N) is 4. The third kappa shape index (κ3) is 3.04. The smallest absolute Gasteiger partial charge is 0.253 e. The molecule has 1 fully saturated rings. The molecule has 0 unspecified atom stereocenters. The van der Waals surface area contributed by atoms with Crippen LogP contribution in [0.3, 0.4) is 0 Å². The molecule has 1 saturated carbocycles. The summed E-state index contributed by atoms with van der Waals surface area (Å²) < 4.78 is 1.70. The molecule has 5 heteroatoms. The van der Waals surface area contributed by atoms with Crippen LogP contribution in [-0.4, -0.2) is 25.8 Å². The molecule has 5 nitrogen and oxygen atoms in total. The van der Waals surface area contributed by atoms with Crippen molar-refractivity contribution in [3.8, 4) is 5.95 Å². The van der Waals surface area contributed by atoms with Gasteiger partial charge in [0.05, 0.1) is 5.52 Å². The average molecular weight is 341 g/mol. The first-order chi connectivity index (χ1) is 12.8. The van der Waals surface area contributed by atoms with Crippen molar-refractivity contribution in [3.05, 3.63) is 78.1 Å². The van der Waals surface area contributed by atoms with Crippen LogP contribution in [0.25, 0.3) is 16.9 Å². The minimum Gasteiger partial charge on any atom is -0.367 e. The van der Waals surface area contributed by atoms with Crippen molar-refractivity contribution in [3.63, 3.8) is 0 Å². The van der Waals surface area contributed by atoms with Gasteiger partial charge in [-0.3, -0.25) is 0 Å². The van der Waals surface area contributed by atoms with Gasteiger partial charge in [0.2, 0.25) is 0 Å². The van der Waals surface area contributed by atoms with Gasteiger partial charge in [-0.25, -0.2) is 9.67 Å². The predicted octanol–water partition coefficient (Wildman–Crippen LogP) is 3.98. The molecule has 0 saturated heterocycles. The molecule has 0 amide bonds. The lowest BCUT2D eigenvalue weighted by Gasteiger charge is -2.11. The van der Waals surface area contributed by atoms with E-state index in [9.17, 15) is 0 Å². The van der Waals surface area contributed by atoms with Gasteiger partial charge < -0.3 is 5.32 Å². The summed E-state index contributed by atoms with van der Waals surface area (Å²) in [5, 5.41) is 8.90. The lowest BCUT2D eigenvalue weighted by atomic mass is 10.0. The van der Waals surface area contributed by atoms with Gasteiger partial charge in [0.15, 0.2) is 0 Å². The molecule has 0 radical (unpaired) electrons. The highest BCUT2D eigenvalue weighted by atomic mass is 15.3. The molecule has 2 aromatic carbocycles. The summed E-state index contributed by atoms with van der Waals surface area (Å²) in [6.45, 7) is 0. The first kappa shape index (κ1) is 15.1. The van der Waals surface area contributed by atoms with E-state index in [0.717, 1.165) is 23.1 Å². The van der Waals surface area contributed by atoms with Gasteiger partial charge in [-0.2, -0.15) is 10.1 Å². The van der Waals surface area contributed by atoms with E-state index in [1.165, 1.54) is 24.0 Å². The van der Waals surface area contributed by atoms with E-state index in [1.54, 1.807) is 10.9 Å². The monoisotopic (exact) mass is 341 g/mol. The summed E-state index contributed by atoms with van der Waals surface area (Å²) in [4.78, 5) is 9.45. The summed E-state index contributed by atoms with van der Waals surface area (Å²) in [7, 11) is 0. The van der Waals surface area contributed by atoms with Crippen LogP contribution in [0, 0.1) is 0 Å². The highest BCUT2D eigenvalue weighted by Gasteiger charge is 2.23. The quantitative estimate of drug-likeness (QED) is 0.596. The van der Waals surface area contributed by atoms with E-state index in [2.05, 4.69) is 52.9 Å². The van der Waals surface area contributed by atoms with Crippen LogP contribution in [0.1, 0.15) is 24.0 Å². The molecule has 0 aliphatic heterocycles. The Balaban J connectivity index is 1.58. The zero-order valence-electron chi connectivity index (χ0n) is 14.3. The van der Waals surface area contributed by atoms with Gasteiger partial charge in [0.25, 0.3) is 5.95 Å². The van der Waals surface area contributed by atoms with Gasteiger partial charge in [-0.1, -0.05) is 36.4 Å². The number of hydrogen-bond donors (Lipinski definition) is 1. The lowest BCUT2D eigenvalue weighted by Crippen LogP contribution is -2.09. The molecule has 0 bridgehead atoms. The molecule has 1 N–H and O–H groups in total. The van der Waals surface area contributed by atoms with Gasteiger partial charge in [0.1, 0.15) is 5.82 Å². The molecule has 4 aromatic rings. The van der Waals surface area contributed by atoms with Crippen LogP contribution >= 0.6 is 0 Å². The summed E-state index contributed by atoms with van der Waals surface area (Å²) in [6, 6.07) is 19.4. The molecule has 128 valence electrons. The molecule has 2 heterocycles. The standard InChI is InChI=1S/C21H19N5/c1-2-5-15(6-3-1)13-16-7-10-19-18(14-16)20(23-17-8-9-17)25-21(24-19)26-12-4-11-22-26/h1-7,10-12,14,17H,8-9,13H2,(H,23,24,25). The second kappa shape index (κ2) is 6.26. The van der Waals surface area contributed by atoms with E-state index < -0.39 is 0 Å². The van der Waals surface area contributed by atoms with Crippen LogP contribution in [0.4, 0.5) is 5.82 Å². The predicted molar refractivity (Wildman–Crippen MR) is 103 cm³/mol. The Morgan fingerprint density at radius 2 is 1.85 bits per heavy atom. The van der Waals surface area contributed by atoms with Crippen molar-refractivity contribution in [1.29, 1.82) is 0 Å². The van der Waals surface area contributed by atoms with E-state index in [4.69, 9.17) is 9.97 Å². The maximum atomic E-state index is 4.75. The Morgan fingerprint density at radius 1 is 0.962 bits per heavy atom. The van der Waals surface area contributed by atoms with Gasteiger partial charge in [0, 0.05) is 23.8 Å². The van der Waals surface area contributed by atoms with Crippen molar-refractivity contribution < 1.29 is 0 Å².